The van der Waals surface area contributed by atoms with Crippen LogP contribution < -0.4 is 15.5 Å². The molecule has 0 bridgehead atoms. The van der Waals surface area contributed by atoms with Gasteiger partial charge < -0.3 is 15.5 Å². The molecule has 2 rings (SSSR count). The van der Waals surface area contributed by atoms with Crippen molar-refractivity contribution >= 4 is 17.4 Å². The summed E-state index contributed by atoms with van der Waals surface area (Å²) in [7, 11) is 2.03. The zero-order valence-electron chi connectivity index (χ0n) is 13.3. The van der Waals surface area contributed by atoms with Crippen LogP contribution in [0.1, 0.15) is 38.2 Å². The van der Waals surface area contributed by atoms with E-state index in [1.807, 2.05) is 20.0 Å². The van der Waals surface area contributed by atoms with Crippen molar-refractivity contribution in [2.45, 2.75) is 45.6 Å². The molecule has 1 amide bonds. The number of aryl methyl sites for hydroxylation is 1. The minimum atomic E-state index is 0.0567. The van der Waals surface area contributed by atoms with E-state index in [0.717, 1.165) is 49.4 Å². The number of hydrogen-bond acceptors (Lipinski definition) is 4. The van der Waals surface area contributed by atoms with Crippen LogP contribution in [-0.2, 0) is 4.79 Å². The lowest BCUT2D eigenvalue weighted by Gasteiger charge is -2.33. The lowest BCUT2D eigenvalue weighted by molar-refractivity contribution is -0.116. The minimum Gasteiger partial charge on any atom is -0.356 e. The minimum absolute atomic E-state index is 0.0567. The second kappa shape index (κ2) is 7.41. The first-order valence-corrected chi connectivity index (χ1v) is 7.82. The van der Waals surface area contributed by atoms with E-state index in [1.165, 1.54) is 0 Å². The summed E-state index contributed by atoms with van der Waals surface area (Å²) < 4.78 is 0. The number of nitrogens with one attached hydrogen (secondary N) is 2. The highest BCUT2D eigenvalue weighted by Gasteiger charge is 2.20. The van der Waals surface area contributed by atoms with E-state index in [9.17, 15) is 4.79 Å². The highest BCUT2D eigenvalue weighted by molar-refractivity contribution is 5.90. The third-order valence-corrected chi connectivity index (χ3v) is 4.01. The molecule has 1 aromatic rings. The van der Waals surface area contributed by atoms with Gasteiger partial charge in [0.05, 0.1) is 11.9 Å². The number of anilines is 2. The maximum absolute atomic E-state index is 11.6. The average molecular weight is 290 g/mol. The zero-order valence-corrected chi connectivity index (χ0v) is 13.3. The van der Waals surface area contributed by atoms with Crippen LogP contribution in [0, 0.1) is 6.92 Å². The average Bonchev–Trinajstić information content (AvgIpc) is 2.48. The monoisotopic (exact) mass is 290 g/mol. The molecule has 0 unspecified atom stereocenters. The van der Waals surface area contributed by atoms with Crippen molar-refractivity contribution < 1.29 is 4.79 Å². The number of rotatable bonds is 5. The van der Waals surface area contributed by atoms with Crippen LogP contribution in [0.2, 0.25) is 0 Å². The predicted molar refractivity (Wildman–Crippen MR) is 86.8 cm³/mol. The summed E-state index contributed by atoms with van der Waals surface area (Å²) >= 11 is 0. The van der Waals surface area contributed by atoms with Crippen molar-refractivity contribution in [2.75, 3.05) is 30.4 Å². The van der Waals surface area contributed by atoms with Gasteiger partial charge in [-0.25, -0.2) is 4.98 Å². The van der Waals surface area contributed by atoms with Gasteiger partial charge in [-0.2, -0.15) is 0 Å². The molecule has 1 aromatic heterocycles. The molecule has 1 saturated heterocycles. The first-order chi connectivity index (χ1) is 10.1. The third-order valence-electron chi connectivity index (χ3n) is 4.01. The highest BCUT2D eigenvalue weighted by Crippen LogP contribution is 2.23. The van der Waals surface area contributed by atoms with E-state index in [4.69, 9.17) is 0 Å². The van der Waals surface area contributed by atoms with E-state index in [1.54, 1.807) is 6.20 Å². The van der Waals surface area contributed by atoms with Gasteiger partial charge in [0.15, 0.2) is 0 Å². The molecule has 0 aromatic carbocycles. The summed E-state index contributed by atoms with van der Waals surface area (Å²) in [6.07, 6.45) is 5.47. The molecule has 0 aliphatic carbocycles. The normalized spacial score (nSPS) is 16.0. The van der Waals surface area contributed by atoms with Crippen LogP contribution in [0.4, 0.5) is 11.5 Å². The SMILES string of the molecule is CCCC(=O)Nc1cnc(N2CCC(NC)CC2)c(C)c1. The van der Waals surface area contributed by atoms with Crippen molar-refractivity contribution in [1.82, 2.24) is 10.3 Å². The molecule has 2 heterocycles. The summed E-state index contributed by atoms with van der Waals surface area (Å²) in [5.41, 5.74) is 1.91. The first kappa shape index (κ1) is 15.8. The Kier molecular flexibility index (Phi) is 5.56. The molecule has 0 saturated carbocycles. The summed E-state index contributed by atoms with van der Waals surface area (Å²) in [5, 5.41) is 6.24. The highest BCUT2D eigenvalue weighted by atomic mass is 16.1. The fourth-order valence-corrected chi connectivity index (χ4v) is 2.80. The Hall–Kier alpha value is -1.62. The van der Waals surface area contributed by atoms with Gasteiger partial charge in [0.25, 0.3) is 0 Å². The number of aromatic nitrogens is 1. The molecule has 5 heteroatoms. The van der Waals surface area contributed by atoms with Crippen LogP contribution >= 0.6 is 0 Å². The van der Waals surface area contributed by atoms with E-state index < -0.39 is 0 Å². The second-order valence-corrected chi connectivity index (χ2v) is 5.71. The molecular formula is C16H26N4O. The molecule has 1 aliphatic heterocycles. The number of pyridine rings is 1. The van der Waals surface area contributed by atoms with Crippen molar-refractivity contribution in [1.29, 1.82) is 0 Å². The van der Waals surface area contributed by atoms with Crippen molar-refractivity contribution in [3.63, 3.8) is 0 Å². The Balaban J connectivity index is 2.01. The van der Waals surface area contributed by atoms with Crippen LogP contribution in [-0.4, -0.2) is 37.1 Å². The fourth-order valence-electron chi connectivity index (χ4n) is 2.80. The molecule has 1 fully saturated rings. The molecular weight excluding hydrogens is 264 g/mol. The van der Waals surface area contributed by atoms with Crippen LogP contribution in [0.5, 0.6) is 0 Å². The molecule has 2 N–H and O–H groups in total. The number of amides is 1. The van der Waals surface area contributed by atoms with Crippen molar-refractivity contribution in [3.8, 4) is 0 Å². The summed E-state index contributed by atoms with van der Waals surface area (Å²) in [5.74, 6) is 1.10. The van der Waals surface area contributed by atoms with E-state index in [2.05, 4.69) is 27.4 Å². The molecule has 1 aliphatic rings. The maximum Gasteiger partial charge on any atom is 0.224 e. The molecule has 116 valence electrons. The Morgan fingerprint density at radius 1 is 1.43 bits per heavy atom. The Bertz CT molecular complexity index is 481. The zero-order chi connectivity index (χ0) is 15.2. The largest absolute Gasteiger partial charge is 0.356 e. The Labute approximate surface area is 127 Å². The lowest BCUT2D eigenvalue weighted by Crippen LogP contribution is -2.41. The Morgan fingerprint density at radius 3 is 2.71 bits per heavy atom. The third kappa shape index (κ3) is 4.17. The predicted octanol–water partition coefficient (Wildman–Crippen LogP) is 2.32. The molecule has 21 heavy (non-hydrogen) atoms. The van der Waals surface area contributed by atoms with Gasteiger partial charge in [0.2, 0.25) is 5.91 Å². The van der Waals surface area contributed by atoms with E-state index in [-0.39, 0.29) is 5.91 Å². The number of piperidine rings is 1. The molecule has 0 spiro atoms. The number of carbonyl (C=O) groups is 1. The van der Waals surface area contributed by atoms with Gasteiger partial charge in [-0.1, -0.05) is 6.92 Å². The summed E-state index contributed by atoms with van der Waals surface area (Å²) in [6.45, 7) is 6.12. The lowest BCUT2D eigenvalue weighted by atomic mass is 10.0. The van der Waals surface area contributed by atoms with Gasteiger partial charge in [-0.05, 0) is 44.9 Å². The van der Waals surface area contributed by atoms with Crippen molar-refractivity contribution in [3.05, 3.63) is 17.8 Å². The number of carbonyl (C=O) groups excluding carboxylic acids is 1. The van der Waals surface area contributed by atoms with E-state index >= 15 is 0 Å². The topological polar surface area (TPSA) is 57.3 Å². The van der Waals surface area contributed by atoms with Crippen LogP contribution in [0.3, 0.4) is 0 Å². The van der Waals surface area contributed by atoms with Crippen LogP contribution in [0.25, 0.3) is 0 Å². The summed E-state index contributed by atoms with van der Waals surface area (Å²) in [4.78, 5) is 18.5. The number of nitrogens with zero attached hydrogens (tertiary/aromatic N) is 2. The fraction of sp³-hybridized carbons (Fsp3) is 0.625. The second-order valence-electron chi connectivity index (χ2n) is 5.71. The van der Waals surface area contributed by atoms with Crippen LogP contribution in [0.15, 0.2) is 12.3 Å². The van der Waals surface area contributed by atoms with Crippen molar-refractivity contribution in [2.24, 2.45) is 0 Å². The molecule has 0 atom stereocenters. The standard InChI is InChI=1S/C16H26N4O/c1-4-5-15(21)19-14-10-12(2)16(18-11-14)20-8-6-13(17-3)7-9-20/h10-11,13,17H,4-9H2,1-3H3,(H,19,21). The molecule has 0 radical (unpaired) electrons. The quantitative estimate of drug-likeness (QED) is 0.874. The van der Waals surface area contributed by atoms with E-state index in [0.29, 0.717) is 12.5 Å². The maximum atomic E-state index is 11.6. The first-order valence-electron chi connectivity index (χ1n) is 7.82. The van der Waals surface area contributed by atoms with Gasteiger partial charge in [0, 0.05) is 25.6 Å². The smallest absolute Gasteiger partial charge is 0.224 e. The summed E-state index contributed by atoms with van der Waals surface area (Å²) in [6, 6.07) is 2.63. The van der Waals surface area contributed by atoms with Gasteiger partial charge >= 0.3 is 0 Å². The molecule has 5 nitrogen and oxygen atoms in total. The van der Waals surface area contributed by atoms with Gasteiger partial charge in [-0.3, -0.25) is 4.79 Å². The Morgan fingerprint density at radius 2 is 2.14 bits per heavy atom. The number of hydrogen-bond donors (Lipinski definition) is 2. The van der Waals surface area contributed by atoms with Gasteiger partial charge in [0.1, 0.15) is 5.82 Å². The van der Waals surface area contributed by atoms with Gasteiger partial charge in [-0.15, -0.1) is 0 Å².